The first-order valence-corrected chi connectivity index (χ1v) is 6.35. The number of hydrogen-bond donors (Lipinski definition) is 1. The monoisotopic (exact) mass is 276 g/mol. The summed E-state index contributed by atoms with van der Waals surface area (Å²) in [4.78, 5) is 4.14. The molecule has 1 aromatic heterocycles. The van der Waals surface area contributed by atoms with Crippen LogP contribution >= 0.6 is 0 Å². The second-order valence-corrected chi connectivity index (χ2v) is 4.50. The predicted octanol–water partition coefficient (Wildman–Crippen LogP) is 2.01. The van der Waals surface area contributed by atoms with Gasteiger partial charge >= 0.3 is 0 Å². The van der Waals surface area contributed by atoms with Gasteiger partial charge in [0.25, 0.3) is 0 Å². The third kappa shape index (κ3) is 2.55. The van der Waals surface area contributed by atoms with Crippen molar-refractivity contribution in [2.24, 2.45) is 0 Å². The van der Waals surface area contributed by atoms with Crippen molar-refractivity contribution in [3.05, 3.63) is 35.5 Å². The first kappa shape index (κ1) is 12.8. The maximum Gasteiger partial charge on any atom is 0.231 e. The summed E-state index contributed by atoms with van der Waals surface area (Å²) in [6, 6.07) is 3.87. The molecule has 0 spiro atoms. The number of oxazole rings is 1. The van der Waals surface area contributed by atoms with Gasteiger partial charge in [0, 0.05) is 6.54 Å². The molecular weight excluding hydrogens is 260 g/mol. The molecule has 1 aromatic carbocycles. The molecule has 20 heavy (non-hydrogen) atoms. The van der Waals surface area contributed by atoms with Gasteiger partial charge in [0.2, 0.25) is 18.4 Å². The number of nitrogens with zero attached hydrogens (tertiary/aromatic N) is 1. The molecule has 2 aromatic rings. The van der Waals surface area contributed by atoms with Crippen LogP contribution in [0.15, 0.2) is 22.7 Å². The Morgan fingerprint density at radius 3 is 2.95 bits per heavy atom. The molecule has 0 saturated carbocycles. The Kier molecular flexibility index (Phi) is 3.47. The second-order valence-electron chi connectivity index (χ2n) is 4.50. The van der Waals surface area contributed by atoms with Crippen LogP contribution in [0.25, 0.3) is 0 Å². The molecule has 0 atom stereocenters. The van der Waals surface area contributed by atoms with Gasteiger partial charge in [-0.2, -0.15) is 0 Å². The number of methoxy groups -OCH3 is 1. The fourth-order valence-corrected chi connectivity index (χ4v) is 2.08. The van der Waals surface area contributed by atoms with Gasteiger partial charge in [0.1, 0.15) is 5.76 Å². The molecule has 1 aliphatic heterocycles. The number of aromatic nitrogens is 1. The number of hydrogen-bond acceptors (Lipinski definition) is 6. The molecule has 0 fully saturated rings. The van der Waals surface area contributed by atoms with Gasteiger partial charge in [-0.25, -0.2) is 4.98 Å². The van der Waals surface area contributed by atoms with Crippen LogP contribution < -0.4 is 19.5 Å². The van der Waals surface area contributed by atoms with Crippen LogP contribution in [0, 0.1) is 6.92 Å². The van der Waals surface area contributed by atoms with Crippen molar-refractivity contribution in [2.45, 2.75) is 20.0 Å². The van der Waals surface area contributed by atoms with Crippen molar-refractivity contribution in [1.29, 1.82) is 0 Å². The van der Waals surface area contributed by atoms with Gasteiger partial charge in [0.05, 0.1) is 19.9 Å². The fourth-order valence-electron chi connectivity index (χ4n) is 2.08. The highest BCUT2D eigenvalue weighted by Crippen LogP contribution is 2.41. The van der Waals surface area contributed by atoms with Crippen LogP contribution in [0.4, 0.5) is 0 Å². The van der Waals surface area contributed by atoms with Crippen LogP contribution in [0.2, 0.25) is 0 Å². The topological polar surface area (TPSA) is 65.8 Å². The zero-order valence-electron chi connectivity index (χ0n) is 11.4. The van der Waals surface area contributed by atoms with Crippen molar-refractivity contribution < 1.29 is 18.6 Å². The van der Waals surface area contributed by atoms with Crippen molar-refractivity contribution in [1.82, 2.24) is 10.3 Å². The Morgan fingerprint density at radius 2 is 2.20 bits per heavy atom. The summed E-state index contributed by atoms with van der Waals surface area (Å²) in [5, 5.41) is 3.27. The smallest absolute Gasteiger partial charge is 0.231 e. The van der Waals surface area contributed by atoms with Crippen molar-refractivity contribution in [3.8, 4) is 17.2 Å². The summed E-state index contributed by atoms with van der Waals surface area (Å²) >= 11 is 0. The van der Waals surface area contributed by atoms with Gasteiger partial charge in [0.15, 0.2) is 11.5 Å². The van der Waals surface area contributed by atoms with Gasteiger partial charge in [-0.3, -0.25) is 0 Å². The van der Waals surface area contributed by atoms with E-state index in [0.717, 1.165) is 11.3 Å². The number of rotatable bonds is 5. The quantitative estimate of drug-likeness (QED) is 0.901. The molecule has 6 heteroatoms. The number of ether oxygens (including phenoxy) is 3. The van der Waals surface area contributed by atoms with E-state index in [1.54, 1.807) is 13.3 Å². The number of benzene rings is 1. The molecule has 1 N–H and O–H groups in total. The molecular formula is C14H16N2O4. The van der Waals surface area contributed by atoms with Gasteiger partial charge in [-0.15, -0.1) is 0 Å². The average Bonchev–Trinajstić information content (AvgIpc) is 3.06. The highest BCUT2D eigenvalue weighted by atomic mass is 16.7. The van der Waals surface area contributed by atoms with E-state index in [2.05, 4.69) is 10.3 Å². The summed E-state index contributed by atoms with van der Waals surface area (Å²) in [6.45, 7) is 3.34. The van der Waals surface area contributed by atoms with E-state index in [0.29, 0.717) is 36.2 Å². The molecule has 0 bridgehead atoms. The molecule has 3 rings (SSSR count). The third-order valence-corrected chi connectivity index (χ3v) is 2.99. The molecule has 0 saturated heterocycles. The summed E-state index contributed by atoms with van der Waals surface area (Å²) in [7, 11) is 1.62. The fraction of sp³-hybridized carbons (Fsp3) is 0.357. The van der Waals surface area contributed by atoms with Crippen LogP contribution in [0.5, 0.6) is 17.2 Å². The summed E-state index contributed by atoms with van der Waals surface area (Å²) in [5.74, 6) is 3.55. The first-order valence-electron chi connectivity index (χ1n) is 6.35. The van der Waals surface area contributed by atoms with E-state index in [-0.39, 0.29) is 6.79 Å². The van der Waals surface area contributed by atoms with Crippen molar-refractivity contribution >= 4 is 0 Å². The second kappa shape index (κ2) is 5.42. The molecule has 0 unspecified atom stereocenters. The van der Waals surface area contributed by atoms with Crippen LogP contribution in [-0.4, -0.2) is 18.9 Å². The van der Waals surface area contributed by atoms with Gasteiger partial charge in [-0.1, -0.05) is 0 Å². The lowest BCUT2D eigenvalue weighted by Gasteiger charge is -2.08. The zero-order valence-corrected chi connectivity index (χ0v) is 11.4. The molecule has 106 valence electrons. The third-order valence-electron chi connectivity index (χ3n) is 2.99. The first-order chi connectivity index (χ1) is 9.76. The number of aryl methyl sites for hydroxylation is 1. The average molecular weight is 276 g/mol. The Balaban J connectivity index is 1.65. The van der Waals surface area contributed by atoms with Crippen molar-refractivity contribution in [3.63, 3.8) is 0 Å². The van der Waals surface area contributed by atoms with E-state index in [1.165, 1.54) is 0 Å². The molecule has 0 radical (unpaired) electrons. The van der Waals surface area contributed by atoms with E-state index in [9.17, 15) is 0 Å². The van der Waals surface area contributed by atoms with Gasteiger partial charge in [-0.05, 0) is 24.6 Å². The van der Waals surface area contributed by atoms with Crippen LogP contribution in [0.3, 0.4) is 0 Å². The lowest BCUT2D eigenvalue weighted by molar-refractivity contribution is 0.171. The van der Waals surface area contributed by atoms with E-state index in [1.807, 2.05) is 19.1 Å². The minimum atomic E-state index is 0.234. The summed E-state index contributed by atoms with van der Waals surface area (Å²) < 4.78 is 21.4. The lowest BCUT2D eigenvalue weighted by atomic mass is 10.2. The molecule has 0 aliphatic carbocycles. The Bertz CT molecular complexity index is 609. The molecule has 1 aliphatic rings. The van der Waals surface area contributed by atoms with E-state index in [4.69, 9.17) is 18.6 Å². The Hall–Kier alpha value is -2.21. The van der Waals surface area contributed by atoms with Gasteiger partial charge < -0.3 is 23.9 Å². The minimum absolute atomic E-state index is 0.234. The SMILES string of the molecule is COc1cc(CNCc2ncc(C)o2)cc2c1OCO2. The standard InChI is InChI=1S/C14H16N2O4/c1-9-5-16-13(20-9)7-15-6-10-3-11(17-2)14-12(4-10)18-8-19-14/h3-5,15H,6-8H2,1-2H3. The minimum Gasteiger partial charge on any atom is -0.493 e. The van der Waals surface area contributed by atoms with Crippen molar-refractivity contribution in [2.75, 3.05) is 13.9 Å². The molecule has 2 heterocycles. The number of nitrogens with one attached hydrogen (secondary N) is 1. The summed E-state index contributed by atoms with van der Waals surface area (Å²) in [6.07, 6.45) is 1.71. The highest BCUT2D eigenvalue weighted by Gasteiger charge is 2.19. The predicted molar refractivity (Wildman–Crippen MR) is 70.9 cm³/mol. The maximum absolute atomic E-state index is 5.40. The van der Waals surface area contributed by atoms with E-state index >= 15 is 0 Å². The molecule has 6 nitrogen and oxygen atoms in total. The Labute approximate surface area is 116 Å². The lowest BCUT2D eigenvalue weighted by Crippen LogP contribution is -2.12. The van der Waals surface area contributed by atoms with E-state index < -0.39 is 0 Å². The Morgan fingerprint density at radius 1 is 1.30 bits per heavy atom. The largest absolute Gasteiger partial charge is 0.493 e. The normalized spacial score (nSPS) is 12.7. The highest BCUT2D eigenvalue weighted by molar-refractivity contribution is 5.55. The zero-order chi connectivity index (χ0) is 13.9. The van der Waals surface area contributed by atoms with Crippen LogP contribution in [0.1, 0.15) is 17.2 Å². The number of fused-ring (bicyclic) bond motifs is 1. The van der Waals surface area contributed by atoms with Crippen LogP contribution in [-0.2, 0) is 13.1 Å². The molecule has 0 amide bonds. The summed E-state index contributed by atoms with van der Waals surface area (Å²) in [5.41, 5.74) is 1.05. The maximum atomic E-state index is 5.40.